The Morgan fingerprint density at radius 2 is 1.14 bits per heavy atom. The predicted molar refractivity (Wildman–Crippen MR) is 165 cm³/mol. The summed E-state index contributed by atoms with van der Waals surface area (Å²) in [6.45, 7) is 6.34. The van der Waals surface area contributed by atoms with E-state index in [-0.39, 0.29) is 11.8 Å². The van der Waals surface area contributed by atoms with Gasteiger partial charge in [0, 0.05) is 33.2 Å². The highest BCUT2D eigenvalue weighted by atomic mass is 16.5. The normalized spacial score (nSPS) is 10.8. The first kappa shape index (κ1) is 27.3. The summed E-state index contributed by atoms with van der Waals surface area (Å²) < 4.78 is 11.6. The lowest BCUT2D eigenvalue weighted by atomic mass is 9.95. The number of benzene rings is 2. The van der Waals surface area contributed by atoms with Crippen molar-refractivity contribution in [2.45, 2.75) is 20.8 Å². The van der Waals surface area contributed by atoms with Crippen LogP contribution in [0.25, 0.3) is 55.6 Å². The Kier molecular flexibility index (Phi) is 7.34. The Hall–Kier alpha value is -5.86. The number of aryl methyl sites for hydroxylation is 1. The maximum absolute atomic E-state index is 10.2. The highest BCUT2D eigenvalue weighted by Gasteiger charge is 2.22. The first-order valence-electron chi connectivity index (χ1n) is 13.9. The number of pyridine rings is 4. The summed E-state index contributed by atoms with van der Waals surface area (Å²) in [4.78, 5) is 19.1. The summed E-state index contributed by atoms with van der Waals surface area (Å²) in [5.41, 5.74) is 6.92. The van der Waals surface area contributed by atoms with Crippen molar-refractivity contribution in [2.24, 2.45) is 0 Å². The summed E-state index contributed by atoms with van der Waals surface area (Å²) in [5, 5.41) is 21.7. The molecule has 4 aromatic heterocycles. The second-order valence-electron chi connectivity index (χ2n) is 9.72. The second kappa shape index (κ2) is 11.6. The van der Waals surface area contributed by atoms with E-state index in [9.17, 15) is 10.5 Å². The van der Waals surface area contributed by atoms with Crippen LogP contribution in [-0.4, -0.2) is 33.1 Å². The Balaban J connectivity index is 1.63. The van der Waals surface area contributed by atoms with Crippen LogP contribution in [0.2, 0.25) is 0 Å². The Morgan fingerprint density at radius 1 is 0.628 bits per heavy atom. The van der Waals surface area contributed by atoms with Gasteiger partial charge in [0.1, 0.15) is 23.3 Å². The quantitative estimate of drug-likeness (QED) is 0.197. The summed E-state index contributed by atoms with van der Waals surface area (Å²) in [7, 11) is 0. The highest BCUT2D eigenvalue weighted by molar-refractivity contribution is 6.00. The molecule has 0 aliphatic carbocycles. The topological polar surface area (TPSA) is 118 Å². The maximum Gasteiger partial charge on any atom is 0.234 e. The van der Waals surface area contributed by atoms with Gasteiger partial charge in [-0.1, -0.05) is 60.7 Å². The summed E-state index contributed by atoms with van der Waals surface area (Å²) in [6.07, 6.45) is 0. The van der Waals surface area contributed by atoms with Crippen molar-refractivity contribution in [1.29, 1.82) is 10.5 Å². The summed E-state index contributed by atoms with van der Waals surface area (Å²) >= 11 is 0. The summed E-state index contributed by atoms with van der Waals surface area (Å²) in [6, 6.07) is 29.8. The van der Waals surface area contributed by atoms with Crippen LogP contribution in [0, 0.1) is 29.6 Å². The van der Waals surface area contributed by atoms with Crippen LogP contribution in [0.15, 0.2) is 78.9 Å². The van der Waals surface area contributed by atoms with Gasteiger partial charge < -0.3 is 9.47 Å². The zero-order chi connectivity index (χ0) is 29.9. The molecule has 0 aliphatic heterocycles. The first-order chi connectivity index (χ1) is 21.1. The van der Waals surface area contributed by atoms with Crippen molar-refractivity contribution in [3.63, 3.8) is 0 Å². The van der Waals surface area contributed by atoms with Crippen LogP contribution in [0.5, 0.6) is 11.8 Å². The van der Waals surface area contributed by atoms with Gasteiger partial charge in [-0.05, 0) is 50.1 Å². The number of fused-ring (bicyclic) bond motifs is 2. The minimum atomic E-state index is 0.243. The van der Waals surface area contributed by atoms with Gasteiger partial charge in [-0.3, -0.25) is 0 Å². The fraction of sp³-hybridized carbons (Fsp3) is 0.143. The lowest BCUT2D eigenvalue weighted by Crippen LogP contribution is -2.04. The van der Waals surface area contributed by atoms with Gasteiger partial charge in [-0.25, -0.2) is 9.97 Å². The molecule has 8 heteroatoms. The molecule has 0 atom stereocenters. The van der Waals surface area contributed by atoms with E-state index in [0.717, 1.165) is 27.6 Å². The highest BCUT2D eigenvalue weighted by Crippen LogP contribution is 2.39. The van der Waals surface area contributed by atoms with E-state index in [0.29, 0.717) is 58.0 Å². The van der Waals surface area contributed by atoms with E-state index in [4.69, 9.17) is 19.4 Å². The molecule has 0 radical (unpaired) electrons. The fourth-order valence-corrected chi connectivity index (χ4v) is 5.29. The lowest BCUT2D eigenvalue weighted by molar-refractivity contribution is 0.327. The van der Waals surface area contributed by atoms with Gasteiger partial charge in [0.2, 0.25) is 11.8 Å². The molecule has 0 fully saturated rings. The number of ether oxygens (including phenoxy) is 2. The number of hydrogen-bond acceptors (Lipinski definition) is 8. The third-order valence-electron chi connectivity index (χ3n) is 7.14. The molecule has 8 nitrogen and oxygen atoms in total. The van der Waals surface area contributed by atoms with Crippen LogP contribution in [0.3, 0.4) is 0 Å². The third kappa shape index (κ3) is 4.86. The fourth-order valence-electron chi connectivity index (χ4n) is 5.29. The molecular formula is C35H26N6O2. The van der Waals surface area contributed by atoms with E-state index in [1.807, 2.05) is 99.6 Å². The molecule has 208 valence electrons. The average Bonchev–Trinajstić information content (AvgIpc) is 3.04. The van der Waals surface area contributed by atoms with E-state index < -0.39 is 0 Å². The Morgan fingerprint density at radius 3 is 1.65 bits per heavy atom. The largest absolute Gasteiger partial charge is 0.477 e. The number of aromatic nitrogens is 4. The molecule has 0 N–H and O–H groups in total. The van der Waals surface area contributed by atoms with Crippen molar-refractivity contribution in [3.8, 4) is 57.4 Å². The molecule has 43 heavy (non-hydrogen) atoms. The van der Waals surface area contributed by atoms with E-state index >= 15 is 0 Å². The number of rotatable bonds is 7. The smallest absolute Gasteiger partial charge is 0.234 e. The van der Waals surface area contributed by atoms with Crippen molar-refractivity contribution in [1.82, 2.24) is 19.9 Å². The standard InChI is InChI=1S/C35H26N6O2/c1-4-42-34-27(19-36)30(22-12-8-6-9-13-22)24-16-17-29(39-32(24)40-34)25-18-26-31(23-14-10-7-11-15-23)28(20-37)35(43-5-2)41-33(26)38-21(25)3/h6-18H,4-5H2,1-3H3. The predicted octanol–water partition coefficient (Wildman–Crippen LogP) is 7.42. The summed E-state index contributed by atoms with van der Waals surface area (Å²) in [5.74, 6) is 0.501. The van der Waals surface area contributed by atoms with E-state index in [2.05, 4.69) is 22.1 Å². The number of nitriles is 2. The van der Waals surface area contributed by atoms with Gasteiger partial charge in [0.05, 0.1) is 18.9 Å². The second-order valence-corrected chi connectivity index (χ2v) is 9.72. The molecule has 0 aliphatic rings. The van der Waals surface area contributed by atoms with Crippen molar-refractivity contribution in [3.05, 3.63) is 95.7 Å². The zero-order valence-corrected chi connectivity index (χ0v) is 23.9. The van der Waals surface area contributed by atoms with Crippen LogP contribution in [0.1, 0.15) is 30.7 Å². The molecule has 0 amide bonds. The molecular weight excluding hydrogens is 536 g/mol. The van der Waals surface area contributed by atoms with Crippen LogP contribution in [0.4, 0.5) is 0 Å². The molecule has 6 rings (SSSR count). The minimum Gasteiger partial charge on any atom is -0.477 e. The van der Waals surface area contributed by atoms with Crippen LogP contribution >= 0.6 is 0 Å². The molecule has 2 aromatic carbocycles. The Bertz CT molecular complexity index is 2080. The van der Waals surface area contributed by atoms with Gasteiger partial charge >= 0.3 is 0 Å². The molecule has 0 bridgehead atoms. The van der Waals surface area contributed by atoms with Crippen LogP contribution < -0.4 is 9.47 Å². The maximum atomic E-state index is 10.2. The van der Waals surface area contributed by atoms with E-state index in [1.54, 1.807) is 0 Å². The van der Waals surface area contributed by atoms with Crippen LogP contribution in [-0.2, 0) is 0 Å². The van der Waals surface area contributed by atoms with Gasteiger partial charge in [0.25, 0.3) is 0 Å². The zero-order valence-electron chi connectivity index (χ0n) is 23.9. The first-order valence-corrected chi connectivity index (χ1v) is 13.9. The van der Waals surface area contributed by atoms with Crippen molar-refractivity contribution in [2.75, 3.05) is 13.2 Å². The van der Waals surface area contributed by atoms with E-state index in [1.165, 1.54) is 0 Å². The number of nitrogens with zero attached hydrogens (tertiary/aromatic N) is 6. The molecule has 6 aromatic rings. The lowest BCUT2D eigenvalue weighted by Gasteiger charge is -2.16. The molecule has 0 saturated carbocycles. The minimum absolute atomic E-state index is 0.243. The van der Waals surface area contributed by atoms with Gasteiger partial charge in [0.15, 0.2) is 11.3 Å². The van der Waals surface area contributed by atoms with Crippen molar-refractivity contribution < 1.29 is 9.47 Å². The van der Waals surface area contributed by atoms with Gasteiger partial charge in [-0.2, -0.15) is 20.5 Å². The Labute approximate surface area is 248 Å². The van der Waals surface area contributed by atoms with Gasteiger partial charge in [-0.15, -0.1) is 0 Å². The third-order valence-corrected chi connectivity index (χ3v) is 7.14. The monoisotopic (exact) mass is 562 g/mol. The average molecular weight is 563 g/mol. The molecule has 0 saturated heterocycles. The molecule has 4 heterocycles. The number of hydrogen-bond donors (Lipinski definition) is 0. The SMILES string of the molecule is CCOc1nc2nc(-c3cc4c(-c5ccccc5)c(C#N)c(OCC)nc4nc3C)ccc2c(-c2ccccc2)c1C#N. The van der Waals surface area contributed by atoms with Crippen molar-refractivity contribution >= 4 is 22.1 Å². The molecule has 0 spiro atoms. The molecule has 0 unspecified atom stereocenters.